The molecule has 0 aliphatic carbocycles. The van der Waals surface area contributed by atoms with Gasteiger partial charge in [0.15, 0.2) is 0 Å². The predicted octanol–water partition coefficient (Wildman–Crippen LogP) is 0.830. The summed E-state index contributed by atoms with van der Waals surface area (Å²) in [6, 6.07) is 0. The van der Waals surface area contributed by atoms with Gasteiger partial charge in [-0.2, -0.15) is 0 Å². The van der Waals surface area contributed by atoms with E-state index in [1.54, 1.807) is 12.4 Å². The molecule has 1 aromatic rings. The Kier molecular flexibility index (Phi) is 2.45. The number of aromatic nitrogens is 2. The number of nitrogens with one attached hydrogen (secondary N) is 1. The Balaban J connectivity index is 2.71. The molecule has 0 spiro atoms. The van der Waals surface area contributed by atoms with E-state index in [1.165, 1.54) is 0 Å². The summed E-state index contributed by atoms with van der Waals surface area (Å²) in [5, 5.41) is 2.95. The van der Waals surface area contributed by atoms with Crippen molar-refractivity contribution in [1.29, 1.82) is 0 Å². The zero-order valence-corrected chi connectivity index (χ0v) is 6.33. The van der Waals surface area contributed by atoms with Crippen molar-refractivity contribution in [2.24, 2.45) is 0 Å². The Morgan fingerprint density at radius 2 is 2.27 bits per heavy atom. The van der Waals surface area contributed by atoms with Crippen molar-refractivity contribution in [2.75, 3.05) is 11.9 Å². The average Bonchev–Trinajstić information content (AvgIpc) is 2.03. The molecule has 0 atom stereocenters. The summed E-state index contributed by atoms with van der Waals surface area (Å²) in [7, 11) is 0. The first-order chi connectivity index (χ1) is 5.34. The van der Waals surface area contributed by atoms with Gasteiger partial charge in [-0.05, 0) is 6.92 Å². The van der Waals surface area contributed by atoms with Crippen LogP contribution in [0.1, 0.15) is 5.69 Å². The second kappa shape index (κ2) is 3.57. The van der Waals surface area contributed by atoms with Crippen LogP contribution in [-0.2, 0) is 0 Å². The molecule has 1 heterocycles. The summed E-state index contributed by atoms with van der Waals surface area (Å²) in [6.07, 6.45) is 8.35. The van der Waals surface area contributed by atoms with Crippen LogP contribution in [-0.4, -0.2) is 16.5 Å². The molecule has 0 aliphatic heterocycles. The highest BCUT2D eigenvalue weighted by Crippen LogP contribution is 2.03. The van der Waals surface area contributed by atoms with E-state index >= 15 is 0 Å². The van der Waals surface area contributed by atoms with Gasteiger partial charge in [0.1, 0.15) is 5.82 Å². The molecule has 1 aromatic heterocycles. The van der Waals surface area contributed by atoms with E-state index < -0.39 is 0 Å². The van der Waals surface area contributed by atoms with Crippen molar-refractivity contribution < 1.29 is 0 Å². The molecule has 3 nitrogen and oxygen atoms in total. The molecule has 0 unspecified atom stereocenters. The summed E-state index contributed by atoms with van der Waals surface area (Å²) in [5.41, 5.74) is 0.864. The van der Waals surface area contributed by atoms with Crippen LogP contribution in [0, 0.1) is 19.3 Å². The van der Waals surface area contributed by atoms with Gasteiger partial charge in [0.25, 0.3) is 0 Å². The van der Waals surface area contributed by atoms with Crippen LogP contribution in [0.25, 0.3) is 0 Å². The van der Waals surface area contributed by atoms with Crippen molar-refractivity contribution in [3.63, 3.8) is 0 Å². The van der Waals surface area contributed by atoms with Gasteiger partial charge in [-0.25, -0.2) is 4.98 Å². The lowest BCUT2D eigenvalue weighted by molar-refractivity contribution is 1.10. The highest BCUT2D eigenvalue weighted by Gasteiger charge is 1.95. The lowest BCUT2D eigenvalue weighted by atomic mass is 10.4. The first-order valence-corrected chi connectivity index (χ1v) is 3.29. The van der Waals surface area contributed by atoms with Gasteiger partial charge in [0.05, 0.1) is 12.2 Å². The quantitative estimate of drug-likeness (QED) is 0.629. The van der Waals surface area contributed by atoms with Crippen LogP contribution in [0.4, 0.5) is 5.82 Å². The molecule has 0 fully saturated rings. The molecule has 1 rings (SSSR count). The number of anilines is 1. The van der Waals surface area contributed by atoms with Crippen LogP contribution in [0.5, 0.6) is 0 Å². The minimum absolute atomic E-state index is 0.486. The van der Waals surface area contributed by atoms with Crippen LogP contribution >= 0.6 is 0 Å². The number of rotatable bonds is 2. The topological polar surface area (TPSA) is 37.8 Å². The van der Waals surface area contributed by atoms with E-state index in [9.17, 15) is 0 Å². The Bertz CT molecular complexity index is 275. The first-order valence-electron chi connectivity index (χ1n) is 3.29. The summed E-state index contributed by atoms with van der Waals surface area (Å²) >= 11 is 0. The third kappa shape index (κ3) is 1.94. The summed E-state index contributed by atoms with van der Waals surface area (Å²) in [6.45, 7) is 2.37. The summed E-state index contributed by atoms with van der Waals surface area (Å²) < 4.78 is 0. The Hall–Kier alpha value is -1.56. The highest BCUT2D eigenvalue weighted by molar-refractivity contribution is 5.39. The maximum atomic E-state index is 5.07. The minimum atomic E-state index is 0.486. The molecule has 1 N–H and O–H groups in total. The van der Waals surface area contributed by atoms with Crippen LogP contribution < -0.4 is 5.32 Å². The van der Waals surface area contributed by atoms with Crippen LogP contribution in [0.2, 0.25) is 0 Å². The molecule has 0 aliphatic rings. The molecule has 0 saturated carbocycles. The standard InChI is InChI=1S/C8H9N3/c1-3-4-10-8-7(2)9-5-6-11-8/h1,5-6H,4H2,2H3,(H,10,11). The number of hydrogen-bond acceptors (Lipinski definition) is 3. The number of terminal acetylenes is 1. The fraction of sp³-hybridized carbons (Fsp3) is 0.250. The van der Waals surface area contributed by atoms with Crippen LogP contribution in [0.3, 0.4) is 0 Å². The van der Waals surface area contributed by atoms with Gasteiger partial charge in [0, 0.05) is 12.4 Å². The van der Waals surface area contributed by atoms with Crippen LogP contribution in [0.15, 0.2) is 12.4 Å². The van der Waals surface area contributed by atoms with Gasteiger partial charge >= 0.3 is 0 Å². The van der Waals surface area contributed by atoms with E-state index in [0.717, 1.165) is 11.5 Å². The van der Waals surface area contributed by atoms with Gasteiger partial charge in [-0.1, -0.05) is 5.92 Å². The second-order valence-corrected chi connectivity index (χ2v) is 2.05. The molecule has 0 aromatic carbocycles. The maximum Gasteiger partial charge on any atom is 0.148 e. The van der Waals surface area contributed by atoms with Crippen molar-refractivity contribution in [3.8, 4) is 12.3 Å². The molecule has 3 heteroatoms. The lowest BCUT2D eigenvalue weighted by Gasteiger charge is -2.02. The zero-order chi connectivity index (χ0) is 8.10. The fourth-order valence-corrected chi connectivity index (χ4v) is 0.716. The monoisotopic (exact) mass is 147 g/mol. The summed E-state index contributed by atoms with van der Waals surface area (Å²) in [4.78, 5) is 8.09. The first kappa shape index (κ1) is 7.55. The van der Waals surface area contributed by atoms with Crippen molar-refractivity contribution in [2.45, 2.75) is 6.92 Å². The smallest absolute Gasteiger partial charge is 0.148 e. The molecule has 0 amide bonds. The largest absolute Gasteiger partial charge is 0.358 e. The Morgan fingerprint density at radius 3 is 2.91 bits per heavy atom. The van der Waals surface area contributed by atoms with Gasteiger partial charge in [-0.15, -0.1) is 6.42 Å². The Morgan fingerprint density at radius 1 is 1.55 bits per heavy atom. The molecule has 56 valence electrons. The summed E-state index contributed by atoms with van der Waals surface area (Å²) in [5.74, 6) is 3.22. The van der Waals surface area contributed by atoms with E-state index in [2.05, 4.69) is 21.2 Å². The minimum Gasteiger partial charge on any atom is -0.358 e. The Labute approximate surface area is 65.9 Å². The molecule has 0 bridgehead atoms. The second-order valence-electron chi connectivity index (χ2n) is 2.05. The van der Waals surface area contributed by atoms with Gasteiger partial charge in [-0.3, -0.25) is 4.98 Å². The van der Waals surface area contributed by atoms with Gasteiger partial charge < -0.3 is 5.32 Å². The highest BCUT2D eigenvalue weighted by atomic mass is 15.0. The van der Waals surface area contributed by atoms with E-state index in [0.29, 0.717) is 6.54 Å². The third-order valence-corrected chi connectivity index (χ3v) is 1.24. The number of aryl methyl sites for hydroxylation is 1. The molecule has 0 saturated heterocycles. The molecule has 11 heavy (non-hydrogen) atoms. The van der Waals surface area contributed by atoms with Gasteiger partial charge in [0.2, 0.25) is 0 Å². The van der Waals surface area contributed by atoms with E-state index in [-0.39, 0.29) is 0 Å². The van der Waals surface area contributed by atoms with E-state index in [4.69, 9.17) is 6.42 Å². The maximum absolute atomic E-state index is 5.07. The van der Waals surface area contributed by atoms with Crippen molar-refractivity contribution in [3.05, 3.63) is 18.1 Å². The van der Waals surface area contributed by atoms with E-state index in [1.807, 2.05) is 6.92 Å². The normalized spacial score (nSPS) is 8.73. The fourth-order valence-electron chi connectivity index (χ4n) is 0.716. The molecular formula is C8H9N3. The lowest BCUT2D eigenvalue weighted by Crippen LogP contribution is -2.03. The number of nitrogens with zero attached hydrogens (tertiary/aromatic N) is 2. The zero-order valence-electron chi connectivity index (χ0n) is 6.33. The van der Waals surface area contributed by atoms with Crippen molar-refractivity contribution in [1.82, 2.24) is 9.97 Å². The van der Waals surface area contributed by atoms with Crippen molar-refractivity contribution >= 4 is 5.82 Å². The average molecular weight is 147 g/mol. The SMILES string of the molecule is C#CCNc1nccnc1C. The predicted molar refractivity (Wildman–Crippen MR) is 44.1 cm³/mol. The molecule has 0 radical (unpaired) electrons. The molecular weight excluding hydrogens is 138 g/mol. The number of hydrogen-bond donors (Lipinski definition) is 1. The third-order valence-electron chi connectivity index (χ3n) is 1.24.